The average Bonchev–Trinajstić information content (AvgIpc) is 3.41. The predicted molar refractivity (Wildman–Crippen MR) is 132 cm³/mol. The van der Waals surface area contributed by atoms with Gasteiger partial charge in [-0.3, -0.25) is 14.3 Å². The number of Topliss-reactive ketones (excluding diaryl/α,β-unsaturated/α-hetero) is 1. The third-order valence-corrected chi connectivity index (χ3v) is 7.69. The number of hydrogen-bond acceptors (Lipinski definition) is 4. The van der Waals surface area contributed by atoms with Crippen molar-refractivity contribution in [3.05, 3.63) is 87.7 Å². The number of carbonyl (C=O) groups is 2. The number of aromatic nitrogens is 2. The molecule has 34 heavy (non-hydrogen) atoms. The van der Waals surface area contributed by atoms with E-state index in [1.54, 1.807) is 12.1 Å². The Labute approximate surface area is 201 Å². The van der Waals surface area contributed by atoms with Gasteiger partial charge in [0.2, 0.25) is 0 Å². The summed E-state index contributed by atoms with van der Waals surface area (Å²) in [6.07, 6.45) is 1.36. The fourth-order valence-electron chi connectivity index (χ4n) is 4.54. The number of aryl methyl sites for hydroxylation is 2. The van der Waals surface area contributed by atoms with Crippen molar-refractivity contribution in [2.24, 2.45) is 5.92 Å². The van der Waals surface area contributed by atoms with Gasteiger partial charge in [-0.05, 0) is 50.5 Å². The highest BCUT2D eigenvalue weighted by atomic mass is 32.1. The lowest BCUT2D eigenvalue weighted by molar-refractivity contribution is 0.0654. The van der Waals surface area contributed by atoms with Crippen LogP contribution in [0.2, 0.25) is 0 Å². The molecular weight excluding hydrogens is 449 g/mol. The Morgan fingerprint density at radius 2 is 1.71 bits per heavy atom. The molecular formula is C27H26FN3O2S. The third kappa shape index (κ3) is 4.40. The minimum Gasteiger partial charge on any atom is -0.338 e. The zero-order valence-electron chi connectivity index (χ0n) is 19.3. The molecule has 5 nitrogen and oxygen atoms in total. The first-order chi connectivity index (χ1) is 16.4. The topological polar surface area (TPSA) is 55.2 Å². The highest BCUT2D eigenvalue weighted by Gasteiger charge is 2.29. The smallest absolute Gasteiger partial charge is 0.264 e. The highest BCUT2D eigenvalue weighted by molar-refractivity contribution is 7.20. The summed E-state index contributed by atoms with van der Waals surface area (Å²) in [4.78, 5) is 29.6. The average molecular weight is 476 g/mol. The SMILES string of the molecule is Cc1ccc(C(=O)C2CCN(C(=O)c3cc4c(C)nn(Cc5ccc(F)cc5)c4s3)CC2)cc1. The minimum atomic E-state index is -0.265. The molecule has 4 aromatic rings. The quantitative estimate of drug-likeness (QED) is 0.351. The monoisotopic (exact) mass is 475 g/mol. The van der Waals surface area contributed by atoms with Crippen LogP contribution in [0.15, 0.2) is 54.6 Å². The second kappa shape index (κ2) is 9.14. The summed E-state index contributed by atoms with van der Waals surface area (Å²) in [7, 11) is 0. The van der Waals surface area contributed by atoms with Gasteiger partial charge in [-0.2, -0.15) is 5.10 Å². The molecule has 0 bridgehead atoms. The van der Waals surface area contributed by atoms with Gasteiger partial charge in [0.05, 0.1) is 17.1 Å². The Balaban J connectivity index is 1.28. The maximum atomic E-state index is 13.2. The zero-order valence-corrected chi connectivity index (χ0v) is 20.1. The van der Waals surface area contributed by atoms with E-state index in [0.29, 0.717) is 37.4 Å². The van der Waals surface area contributed by atoms with Crippen LogP contribution >= 0.6 is 11.3 Å². The maximum absolute atomic E-state index is 13.2. The van der Waals surface area contributed by atoms with Gasteiger partial charge in [-0.25, -0.2) is 4.39 Å². The van der Waals surface area contributed by atoms with Gasteiger partial charge in [0.1, 0.15) is 10.6 Å². The van der Waals surface area contributed by atoms with Crippen LogP contribution in [0.3, 0.4) is 0 Å². The van der Waals surface area contributed by atoms with Crippen LogP contribution in [0.25, 0.3) is 10.2 Å². The molecule has 1 aliphatic rings. The van der Waals surface area contributed by atoms with E-state index in [9.17, 15) is 14.0 Å². The molecule has 174 valence electrons. The molecule has 0 spiro atoms. The Bertz CT molecular complexity index is 1350. The number of thiophene rings is 1. The van der Waals surface area contributed by atoms with Crippen LogP contribution in [0.1, 0.15) is 49.7 Å². The van der Waals surface area contributed by atoms with Crippen molar-refractivity contribution in [3.8, 4) is 0 Å². The van der Waals surface area contributed by atoms with E-state index in [0.717, 1.165) is 32.6 Å². The number of hydrogen-bond donors (Lipinski definition) is 0. The van der Waals surface area contributed by atoms with Crippen molar-refractivity contribution in [2.45, 2.75) is 33.2 Å². The van der Waals surface area contributed by atoms with Gasteiger partial charge in [0, 0.05) is 30.0 Å². The van der Waals surface area contributed by atoms with Crippen LogP contribution in [0.4, 0.5) is 4.39 Å². The molecule has 1 saturated heterocycles. The molecule has 0 saturated carbocycles. The molecule has 1 amide bonds. The second-order valence-electron chi connectivity index (χ2n) is 9.00. The summed E-state index contributed by atoms with van der Waals surface area (Å²) in [5.41, 5.74) is 3.71. The molecule has 0 unspecified atom stereocenters. The zero-order chi connectivity index (χ0) is 23.8. The Morgan fingerprint density at radius 3 is 2.38 bits per heavy atom. The van der Waals surface area contributed by atoms with Gasteiger partial charge in [-0.15, -0.1) is 11.3 Å². The molecule has 7 heteroatoms. The first-order valence-electron chi connectivity index (χ1n) is 11.5. The van der Waals surface area contributed by atoms with Crippen molar-refractivity contribution in [2.75, 3.05) is 13.1 Å². The van der Waals surface area contributed by atoms with Gasteiger partial charge in [0.15, 0.2) is 5.78 Å². The number of ketones is 1. The number of fused-ring (bicyclic) bond motifs is 1. The van der Waals surface area contributed by atoms with Crippen LogP contribution < -0.4 is 0 Å². The van der Waals surface area contributed by atoms with E-state index in [-0.39, 0.29) is 23.4 Å². The first kappa shape index (κ1) is 22.5. The lowest BCUT2D eigenvalue weighted by Crippen LogP contribution is -2.40. The van der Waals surface area contributed by atoms with Crippen molar-refractivity contribution in [1.29, 1.82) is 0 Å². The van der Waals surface area contributed by atoms with Crippen molar-refractivity contribution in [1.82, 2.24) is 14.7 Å². The lowest BCUT2D eigenvalue weighted by Gasteiger charge is -2.31. The highest BCUT2D eigenvalue weighted by Crippen LogP contribution is 2.31. The second-order valence-corrected chi connectivity index (χ2v) is 10.0. The van der Waals surface area contributed by atoms with Crippen LogP contribution in [-0.4, -0.2) is 39.5 Å². The van der Waals surface area contributed by atoms with Crippen LogP contribution in [0, 0.1) is 25.6 Å². The van der Waals surface area contributed by atoms with Gasteiger partial charge in [-0.1, -0.05) is 42.0 Å². The number of likely N-dealkylation sites (tertiary alicyclic amines) is 1. The van der Waals surface area contributed by atoms with E-state index in [4.69, 9.17) is 0 Å². The minimum absolute atomic E-state index is 0.00941. The van der Waals surface area contributed by atoms with Crippen LogP contribution in [0.5, 0.6) is 0 Å². The fraction of sp³-hybridized carbons (Fsp3) is 0.296. The van der Waals surface area contributed by atoms with E-state index in [2.05, 4.69) is 5.10 Å². The third-order valence-electron chi connectivity index (χ3n) is 6.55. The molecule has 0 N–H and O–H groups in total. The Hall–Kier alpha value is -3.32. The molecule has 1 aliphatic heterocycles. The number of benzene rings is 2. The van der Waals surface area contributed by atoms with Crippen LogP contribution in [-0.2, 0) is 6.54 Å². The molecule has 0 atom stereocenters. The summed E-state index contributed by atoms with van der Waals surface area (Å²) in [6.45, 7) is 5.62. The molecule has 2 aromatic carbocycles. The van der Waals surface area contributed by atoms with Crippen molar-refractivity contribution >= 4 is 33.2 Å². The maximum Gasteiger partial charge on any atom is 0.264 e. The number of carbonyl (C=O) groups excluding carboxylic acids is 2. The Morgan fingerprint density at radius 1 is 1.03 bits per heavy atom. The molecule has 3 heterocycles. The standard InChI is InChI=1S/C27H26FN3O2S/c1-17-3-7-20(8-4-17)25(32)21-11-13-30(14-12-21)26(33)24-15-23-18(2)29-31(27(23)34-24)16-19-5-9-22(28)10-6-19/h3-10,15,21H,11-14,16H2,1-2H3. The van der Waals surface area contributed by atoms with E-state index >= 15 is 0 Å². The van der Waals surface area contributed by atoms with Crippen molar-refractivity contribution in [3.63, 3.8) is 0 Å². The fourth-order valence-corrected chi connectivity index (χ4v) is 5.67. The number of nitrogens with zero attached hydrogens (tertiary/aromatic N) is 3. The largest absolute Gasteiger partial charge is 0.338 e. The molecule has 0 radical (unpaired) electrons. The predicted octanol–water partition coefficient (Wildman–Crippen LogP) is 5.64. The number of halogens is 1. The molecule has 5 rings (SSSR count). The van der Waals surface area contributed by atoms with E-state index in [1.807, 2.05) is 53.8 Å². The summed E-state index contributed by atoms with van der Waals surface area (Å²) in [5, 5.41) is 5.59. The van der Waals surface area contributed by atoms with E-state index in [1.165, 1.54) is 23.5 Å². The molecule has 1 fully saturated rings. The van der Waals surface area contributed by atoms with E-state index < -0.39 is 0 Å². The Kier molecular flexibility index (Phi) is 6.04. The molecule has 0 aliphatic carbocycles. The number of piperidine rings is 1. The van der Waals surface area contributed by atoms with Gasteiger partial charge >= 0.3 is 0 Å². The number of amides is 1. The van der Waals surface area contributed by atoms with Gasteiger partial charge in [0.25, 0.3) is 5.91 Å². The lowest BCUT2D eigenvalue weighted by atomic mass is 9.88. The summed E-state index contributed by atoms with van der Waals surface area (Å²) in [5.74, 6) is -0.125. The first-order valence-corrected chi connectivity index (χ1v) is 12.3. The summed E-state index contributed by atoms with van der Waals surface area (Å²) >= 11 is 1.44. The number of rotatable bonds is 5. The van der Waals surface area contributed by atoms with Crippen molar-refractivity contribution < 1.29 is 14.0 Å². The summed E-state index contributed by atoms with van der Waals surface area (Å²) < 4.78 is 15.1. The molecule has 2 aromatic heterocycles. The summed E-state index contributed by atoms with van der Waals surface area (Å²) in [6, 6.07) is 16.0. The van der Waals surface area contributed by atoms with Gasteiger partial charge < -0.3 is 4.90 Å². The normalized spacial score (nSPS) is 14.6.